The Morgan fingerprint density at radius 3 is 2.23 bits per heavy atom. The smallest absolute Gasteiger partial charge is 0.335 e. The molecule has 1 aromatic carbocycles. The molecule has 1 N–H and O–H groups in total. The van der Waals surface area contributed by atoms with Gasteiger partial charge in [0.2, 0.25) is 5.95 Å². The molecule has 5 rings (SSSR count). The molecule has 2 aliphatic rings. The standard InChI is InChI=1S/C33H51N5O7Si2/c1-20(2)42-30-29-27(17-41-46(21(3)4,22(5)6)45-47(44-29,23(7)8)24(9)10)43-32(30)38-19-35-26-16-34-33(37-31(26)38)36-28(39)18-40-25-14-12-11-13-15-25/h11-16,19-24,27,29-30,32H,17-18H2,1-10H3,(H,34,36,37,39)/t27-,29-,30-,32-/m1/s1. The number of amides is 1. The van der Waals surface area contributed by atoms with Gasteiger partial charge in [0.15, 0.2) is 18.5 Å². The first kappa shape index (κ1) is 35.6. The number of nitrogens with one attached hydrogen (secondary N) is 1. The number of fused-ring (bicyclic) bond motifs is 2. The molecule has 14 heteroatoms. The van der Waals surface area contributed by atoms with Crippen molar-refractivity contribution in [1.29, 1.82) is 0 Å². The van der Waals surface area contributed by atoms with Crippen molar-refractivity contribution in [3.63, 3.8) is 0 Å². The monoisotopic (exact) mass is 685 g/mol. The van der Waals surface area contributed by atoms with E-state index in [1.807, 2.05) is 36.6 Å². The lowest BCUT2D eigenvalue weighted by Gasteiger charge is -2.51. The Labute approximate surface area is 280 Å². The second-order valence-corrected chi connectivity index (χ2v) is 22.8. The molecule has 0 saturated carbocycles. The van der Waals surface area contributed by atoms with Crippen LogP contribution in [0.25, 0.3) is 11.2 Å². The minimum absolute atomic E-state index is 0.112. The summed E-state index contributed by atoms with van der Waals surface area (Å²) < 4.78 is 42.6. The topological polar surface area (TPSA) is 128 Å². The van der Waals surface area contributed by atoms with Gasteiger partial charge in [0, 0.05) is 0 Å². The lowest BCUT2D eigenvalue weighted by Crippen LogP contribution is -2.66. The number of hydrogen-bond acceptors (Lipinski definition) is 10. The van der Waals surface area contributed by atoms with Crippen molar-refractivity contribution in [3.05, 3.63) is 42.9 Å². The van der Waals surface area contributed by atoms with Gasteiger partial charge in [-0.1, -0.05) is 73.6 Å². The van der Waals surface area contributed by atoms with Crippen molar-refractivity contribution >= 4 is 40.1 Å². The van der Waals surface area contributed by atoms with Crippen LogP contribution in [-0.2, 0) is 27.2 Å². The van der Waals surface area contributed by atoms with Gasteiger partial charge in [0.05, 0.1) is 25.2 Å². The highest BCUT2D eigenvalue weighted by Gasteiger charge is 2.62. The van der Waals surface area contributed by atoms with E-state index in [0.717, 1.165) is 0 Å². The number of benzene rings is 1. The molecule has 2 saturated heterocycles. The normalized spacial score (nSPS) is 24.2. The maximum Gasteiger partial charge on any atom is 0.335 e. The van der Waals surface area contributed by atoms with Gasteiger partial charge in [0.25, 0.3) is 5.91 Å². The van der Waals surface area contributed by atoms with Gasteiger partial charge in [0.1, 0.15) is 29.6 Å². The minimum atomic E-state index is -2.92. The zero-order valence-corrected chi connectivity index (χ0v) is 31.3. The van der Waals surface area contributed by atoms with E-state index in [0.29, 0.717) is 23.5 Å². The molecule has 47 heavy (non-hydrogen) atoms. The molecule has 2 aromatic heterocycles. The maximum absolute atomic E-state index is 12.7. The summed E-state index contributed by atoms with van der Waals surface area (Å²) in [5.74, 6) is 0.350. The van der Waals surface area contributed by atoms with E-state index in [1.165, 1.54) is 0 Å². The summed E-state index contributed by atoms with van der Waals surface area (Å²) in [6.45, 7) is 21.8. The van der Waals surface area contributed by atoms with Gasteiger partial charge < -0.3 is 27.2 Å². The van der Waals surface area contributed by atoms with Gasteiger partial charge in [-0.15, -0.1) is 0 Å². The molecule has 258 valence electrons. The van der Waals surface area contributed by atoms with E-state index in [2.05, 4.69) is 75.7 Å². The summed E-state index contributed by atoms with van der Waals surface area (Å²) >= 11 is 0. The Bertz CT molecular complexity index is 1490. The summed E-state index contributed by atoms with van der Waals surface area (Å²) in [5, 5.41) is 2.74. The van der Waals surface area contributed by atoms with E-state index >= 15 is 0 Å². The van der Waals surface area contributed by atoms with Crippen LogP contribution in [0.1, 0.15) is 75.5 Å². The van der Waals surface area contributed by atoms with Gasteiger partial charge in [-0.2, -0.15) is 4.98 Å². The average Bonchev–Trinajstić information content (AvgIpc) is 3.56. The Balaban J connectivity index is 1.48. The van der Waals surface area contributed by atoms with E-state index in [-0.39, 0.29) is 46.7 Å². The van der Waals surface area contributed by atoms with Crippen molar-refractivity contribution in [1.82, 2.24) is 19.5 Å². The zero-order chi connectivity index (χ0) is 34.1. The summed E-state index contributed by atoms with van der Waals surface area (Å²) in [6, 6.07) is 9.15. The number of hydrogen-bond donors (Lipinski definition) is 1. The average molecular weight is 686 g/mol. The Hall–Kier alpha value is -2.73. The number of imidazole rings is 1. The molecule has 4 atom stereocenters. The first-order chi connectivity index (χ1) is 22.3. The number of para-hydroxylation sites is 1. The molecule has 0 spiro atoms. The number of carbonyl (C=O) groups is 1. The lowest BCUT2D eigenvalue weighted by atomic mass is 10.1. The van der Waals surface area contributed by atoms with E-state index in [1.54, 1.807) is 24.7 Å². The van der Waals surface area contributed by atoms with E-state index in [9.17, 15) is 4.79 Å². The number of aromatic nitrogens is 4. The summed E-state index contributed by atoms with van der Waals surface area (Å²) in [6.07, 6.45) is 1.16. The Morgan fingerprint density at radius 1 is 0.957 bits per heavy atom. The molecule has 0 radical (unpaired) electrons. The number of nitrogens with zero attached hydrogens (tertiary/aromatic N) is 4. The largest absolute Gasteiger partial charge is 0.484 e. The fourth-order valence-corrected chi connectivity index (χ4v) is 17.9. The van der Waals surface area contributed by atoms with Crippen molar-refractivity contribution < 1.29 is 32.0 Å². The van der Waals surface area contributed by atoms with Crippen molar-refractivity contribution in [2.75, 3.05) is 18.5 Å². The van der Waals surface area contributed by atoms with Crippen molar-refractivity contribution in [2.24, 2.45) is 0 Å². The van der Waals surface area contributed by atoms with Gasteiger partial charge >= 0.3 is 17.1 Å². The predicted molar refractivity (Wildman–Crippen MR) is 184 cm³/mol. The molecule has 0 bridgehead atoms. The van der Waals surface area contributed by atoms with Crippen molar-refractivity contribution in [2.45, 2.75) is 122 Å². The molecular formula is C33H51N5O7Si2. The Morgan fingerprint density at radius 2 is 1.62 bits per heavy atom. The van der Waals surface area contributed by atoms with Crippen LogP contribution >= 0.6 is 0 Å². The third kappa shape index (κ3) is 7.19. The lowest BCUT2D eigenvalue weighted by molar-refractivity contribution is -0.118. The van der Waals surface area contributed by atoms with Crippen LogP contribution in [0.2, 0.25) is 22.2 Å². The third-order valence-electron chi connectivity index (χ3n) is 9.00. The Kier molecular flexibility index (Phi) is 10.9. The first-order valence-corrected chi connectivity index (χ1v) is 20.7. The molecule has 1 amide bonds. The quantitative estimate of drug-likeness (QED) is 0.224. The fourth-order valence-electron chi connectivity index (χ4n) is 6.71. The second kappa shape index (κ2) is 14.4. The molecule has 2 fully saturated rings. The van der Waals surface area contributed by atoms with E-state index in [4.69, 9.17) is 27.2 Å². The number of carbonyl (C=O) groups excluding carboxylic acids is 1. The van der Waals surface area contributed by atoms with Crippen LogP contribution in [0.5, 0.6) is 5.75 Å². The number of rotatable bonds is 11. The highest BCUT2D eigenvalue weighted by Crippen LogP contribution is 2.49. The fraction of sp³-hybridized carbons (Fsp3) is 0.636. The molecule has 4 heterocycles. The molecule has 12 nitrogen and oxygen atoms in total. The number of anilines is 1. The van der Waals surface area contributed by atoms with Crippen LogP contribution < -0.4 is 10.1 Å². The summed E-state index contributed by atoms with van der Waals surface area (Å²) in [4.78, 5) is 26.3. The zero-order valence-electron chi connectivity index (χ0n) is 29.3. The van der Waals surface area contributed by atoms with Crippen LogP contribution in [0, 0.1) is 0 Å². The third-order valence-corrected chi connectivity index (χ3v) is 19.2. The van der Waals surface area contributed by atoms with Crippen LogP contribution in [0.3, 0.4) is 0 Å². The maximum atomic E-state index is 12.7. The van der Waals surface area contributed by atoms with Gasteiger partial charge in [-0.05, 0) is 48.1 Å². The highest BCUT2D eigenvalue weighted by atomic mass is 28.5. The molecule has 3 aromatic rings. The number of ether oxygens (including phenoxy) is 3. The summed E-state index contributed by atoms with van der Waals surface area (Å²) in [5.41, 5.74) is 1.80. The van der Waals surface area contributed by atoms with Crippen molar-refractivity contribution in [3.8, 4) is 5.75 Å². The first-order valence-electron chi connectivity index (χ1n) is 16.8. The van der Waals surface area contributed by atoms with Crippen LogP contribution in [-0.4, -0.2) is 80.2 Å². The molecule has 0 aliphatic carbocycles. The minimum Gasteiger partial charge on any atom is -0.484 e. The second-order valence-electron chi connectivity index (χ2n) is 14.0. The molecule has 0 unspecified atom stereocenters. The molecule has 2 aliphatic heterocycles. The summed E-state index contributed by atoms with van der Waals surface area (Å²) in [7, 11) is -5.67. The van der Waals surface area contributed by atoms with E-state index < -0.39 is 41.7 Å². The SMILES string of the molecule is CC(C)O[C@@H]1[C@@H]2O[Si](C(C)C)(C(C)C)O[Si](C(C)C)(C(C)C)OC[C@H]2O[C@H]1n1cnc2cnc(NC(=O)COc3ccccc3)nc21. The predicted octanol–water partition coefficient (Wildman–Crippen LogP) is 6.49. The van der Waals surface area contributed by atoms with Crippen LogP contribution in [0.4, 0.5) is 5.95 Å². The highest BCUT2D eigenvalue weighted by molar-refractivity contribution is 6.84. The van der Waals surface area contributed by atoms with Crippen LogP contribution in [0.15, 0.2) is 42.9 Å². The van der Waals surface area contributed by atoms with Gasteiger partial charge in [-0.25, -0.2) is 9.97 Å². The van der Waals surface area contributed by atoms with Gasteiger partial charge in [-0.3, -0.25) is 14.7 Å². The molecular weight excluding hydrogens is 635 g/mol.